The van der Waals surface area contributed by atoms with E-state index in [0.717, 1.165) is 28.7 Å². The largest absolute Gasteiger partial charge is 0.369 e. The van der Waals surface area contributed by atoms with E-state index < -0.39 is 0 Å². The van der Waals surface area contributed by atoms with E-state index in [2.05, 4.69) is 33.2 Å². The lowest BCUT2D eigenvalue weighted by Gasteiger charge is -2.26. The zero-order chi connectivity index (χ0) is 13.0. The van der Waals surface area contributed by atoms with Gasteiger partial charge in [-0.2, -0.15) is 0 Å². The molecule has 2 nitrogen and oxygen atoms in total. The van der Waals surface area contributed by atoms with Crippen LogP contribution in [0.2, 0.25) is 5.02 Å². The van der Waals surface area contributed by atoms with Gasteiger partial charge in [-0.25, -0.2) is 4.98 Å². The molecule has 1 aliphatic carbocycles. The number of halogens is 2. The fourth-order valence-corrected chi connectivity index (χ4v) is 3.46. The predicted octanol–water partition coefficient (Wildman–Crippen LogP) is 5.13. The standard InChI is InChI=1S/C14H20BrClN2/c1-10-3-2-4-11(7-10)5-6-17-14-13(16)8-12(15)9-18-14/h8-11H,2-7H2,1H3,(H,17,18). The van der Waals surface area contributed by atoms with Gasteiger partial charge in [0.2, 0.25) is 0 Å². The Morgan fingerprint density at radius 2 is 2.33 bits per heavy atom. The lowest BCUT2D eigenvalue weighted by Crippen LogP contribution is -2.17. The molecule has 0 amide bonds. The molecule has 0 bridgehead atoms. The minimum absolute atomic E-state index is 0.682. The van der Waals surface area contributed by atoms with Crippen molar-refractivity contribution in [1.82, 2.24) is 4.98 Å². The number of hydrogen-bond donors (Lipinski definition) is 1. The summed E-state index contributed by atoms with van der Waals surface area (Å²) in [6.45, 7) is 3.33. The summed E-state index contributed by atoms with van der Waals surface area (Å²) in [6.07, 6.45) is 8.55. The predicted molar refractivity (Wildman–Crippen MR) is 81.2 cm³/mol. The van der Waals surface area contributed by atoms with Crippen LogP contribution in [0.25, 0.3) is 0 Å². The van der Waals surface area contributed by atoms with Crippen molar-refractivity contribution in [2.45, 2.75) is 39.0 Å². The Kier molecular flexibility index (Phi) is 5.31. The number of pyridine rings is 1. The molecular weight excluding hydrogens is 312 g/mol. The quantitative estimate of drug-likeness (QED) is 0.827. The van der Waals surface area contributed by atoms with E-state index in [1.165, 1.54) is 32.1 Å². The van der Waals surface area contributed by atoms with E-state index in [9.17, 15) is 0 Å². The van der Waals surface area contributed by atoms with Crippen molar-refractivity contribution in [2.24, 2.45) is 11.8 Å². The van der Waals surface area contributed by atoms with E-state index in [1.54, 1.807) is 6.20 Å². The van der Waals surface area contributed by atoms with Crippen LogP contribution in [0.15, 0.2) is 16.7 Å². The lowest BCUT2D eigenvalue weighted by molar-refractivity contribution is 0.274. The first-order valence-electron chi connectivity index (χ1n) is 6.70. The molecule has 100 valence electrons. The second kappa shape index (κ2) is 6.76. The smallest absolute Gasteiger partial charge is 0.144 e. The molecule has 1 fully saturated rings. The molecule has 0 saturated heterocycles. The van der Waals surface area contributed by atoms with Gasteiger partial charge in [0.25, 0.3) is 0 Å². The van der Waals surface area contributed by atoms with E-state index in [4.69, 9.17) is 11.6 Å². The first-order chi connectivity index (χ1) is 8.65. The van der Waals surface area contributed by atoms with Gasteiger partial charge < -0.3 is 5.32 Å². The van der Waals surface area contributed by atoms with Gasteiger partial charge in [0, 0.05) is 17.2 Å². The molecule has 2 unspecified atom stereocenters. The number of hydrogen-bond acceptors (Lipinski definition) is 2. The molecule has 2 rings (SSSR count). The third-order valence-electron chi connectivity index (χ3n) is 3.70. The molecular formula is C14H20BrClN2. The highest BCUT2D eigenvalue weighted by atomic mass is 79.9. The number of rotatable bonds is 4. The summed E-state index contributed by atoms with van der Waals surface area (Å²) < 4.78 is 0.916. The van der Waals surface area contributed by atoms with Gasteiger partial charge in [-0.15, -0.1) is 0 Å². The Morgan fingerprint density at radius 1 is 1.50 bits per heavy atom. The molecule has 4 heteroatoms. The molecule has 1 aliphatic rings. The van der Waals surface area contributed by atoms with Gasteiger partial charge in [0.1, 0.15) is 5.82 Å². The lowest BCUT2D eigenvalue weighted by atomic mass is 9.81. The van der Waals surface area contributed by atoms with Gasteiger partial charge in [-0.1, -0.05) is 37.8 Å². The first kappa shape index (κ1) is 14.1. The molecule has 1 heterocycles. The van der Waals surface area contributed by atoms with Gasteiger partial charge in [0.05, 0.1) is 5.02 Å². The Hall–Kier alpha value is -0.280. The summed E-state index contributed by atoms with van der Waals surface area (Å²) in [6, 6.07) is 1.87. The highest BCUT2D eigenvalue weighted by molar-refractivity contribution is 9.10. The van der Waals surface area contributed by atoms with Crippen LogP contribution in [0.1, 0.15) is 39.0 Å². The van der Waals surface area contributed by atoms with E-state index in [-0.39, 0.29) is 0 Å². The van der Waals surface area contributed by atoms with Crippen LogP contribution in [0.4, 0.5) is 5.82 Å². The van der Waals surface area contributed by atoms with Gasteiger partial charge >= 0.3 is 0 Å². The average molecular weight is 332 g/mol. The molecule has 0 radical (unpaired) electrons. The van der Waals surface area contributed by atoms with Crippen molar-refractivity contribution in [1.29, 1.82) is 0 Å². The summed E-state index contributed by atoms with van der Waals surface area (Å²) in [5.41, 5.74) is 0. The van der Waals surface area contributed by atoms with E-state index >= 15 is 0 Å². The van der Waals surface area contributed by atoms with Crippen molar-refractivity contribution in [3.63, 3.8) is 0 Å². The van der Waals surface area contributed by atoms with E-state index in [0.29, 0.717) is 5.02 Å². The Labute approximate surface area is 123 Å². The number of anilines is 1. The second-order valence-electron chi connectivity index (χ2n) is 5.34. The second-order valence-corrected chi connectivity index (χ2v) is 6.66. The maximum atomic E-state index is 6.12. The van der Waals surface area contributed by atoms with Crippen molar-refractivity contribution in [3.05, 3.63) is 21.8 Å². The summed E-state index contributed by atoms with van der Waals surface area (Å²) in [5, 5.41) is 4.02. The summed E-state index contributed by atoms with van der Waals surface area (Å²) >= 11 is 9.48. The molecule has 1 aromatic heterocycles. The Morgan fingerprint density at radius 3 is 3.06 bits per heavy atom. The van der Waals surface area contributed by atoms with Crippen LogP contribution >= 0.6 is 27.5 Å². The van der Waals surface area contributed by atoms with Gasteiger partial charge in [-0.3, -0.25) is 0 Å². The molecule has 2 atom stereocenters. The van der Waals surface area contributed by atoms with Crippen LogP contribution in [-0.4, -0.2) is 11.5 Å². The Bertz CT molecular complexity index is 397. The molecule has 0 aromatic carbocycles. The molecule has 1 aromatic rings. The van der Waals surface area contributed by atoms with Crippen molar-refractivity contribution in [3.8, 4) is 0 Å². The molecule has 1 N–H and O–H groups in total. The van der Waals surface area contributed by atoms with Crippen LogP contribution in [0, 0.1) is 11.8 Å². The minimum atomic E-state index is 0.682. The fraction of sp³-hybridized carbons (Fsp3) is 0.643. The van der Waals surface area contributed by atoms with Crippen LogP contribution in [-0.2, 0) is 0 Å². The zero-order valence-electron chi connectivity index (χ0n) is 10.8. The van der Waals surface area contributed by atoms with Crippen LogP contribution < -0.4 is 5.32 Å². The highest BCUT2D eigenvalue weighted by Crippen LogP contribution is 2.31. The molecule has 1 saturated carbocycles. The molecule has 0 spiro atoms. The molecule has 0 aliphatic heterocycles. The number of nitrogens with one attached hydrogen (secondary N) is 1. The summed E-state index contributed by atoms with van der Waals surface area (Å²) in [4.78, 5) is 4.29. The highest BCUT2D eigenvalue weighted by Gasteiger charge is 2.18. The van der Waals surface area contributed by atoms with Gasteiger partial charge in [0.15, 0.2) is 0 Å². The summed E-state index contributed by atoms with van der Waals surface area (Å²) in [5.74, 6) is 2.57. The number of nitrogens with zero attached hydrogens (tertiary/aromatic N) is 1. The monoisotopic (exact) mass is 330 g/mol. The van der Waals surface area contributed by atoms with Crippen molar-refractivity contribution in [2.75, 3.05) is 11.9 Å². The summed E-state index contributed by atoms with van der Waals surface area (Å²) in [7, 11) is 0. The normalized spacial score (nSPS) is 23.9. The maximum absolute atomic E-state index is 6.12. The van der Waals surface area contributed by atoms with E-state index in [1.807, 2.05) is 6.07 Å². The zero-order valence-corrected chi connectivity index (χ0v) is 13.1. The Balaban J connectivity index is 1.77. The third kappa shape index (κ3) is 4.13. The van der Waals surface area contributed by atoms with Crippen LogP contribution in [0.3, 0.4) is 0 Å². The minimum Gasteiger partial charge on any atom is -0.369 e. The molecule has 18 heavy (non-hydrogen) atoms. The fourth-order valence-electron chi connectivity index (χ4n) is 2.76. The maximum Gasteiger partial charge on any atom is 0.144 e. The van der Waals surface area contributed by atoms with Crippen molar-refractivity contribution < 1.29 is 0 Å². The number of aromatic nitrogens is 1. The van der Waals surface area contributed by atoms with Crippen LogP contribution in [0.5, 0.6) is 0 Å². The SMILES string of the molecule is CC1CCCC(CCNc2ncc(Br)cc2Cl)C1. The third-order valence-corrected chi connectivity index (χ3v) is 4.42. The van der Waals surface area contributed by atoms with Crippen molar-refractivity contribution >= 4 is 33.3 Å². The topological polar surface area (TPSA) is 24.9 Å². The first-order valence-corrected chi connectivity index (χ1v) is 7.87. The van der Waals surface area contributed by atoms with Gasteiger partial charge in [-0.05, 0) is 46.7 Å². The average Bonchev–Trinajstić information content (AvgIpc) is 2.32.